The third kappa shape index (κ3) is 2.03. The zero-order valence-electron chi connectivity index (χ0n) is 12.9. The zero-order chi connectivity index (χ0) is 15.2. The first-order chi connectivity index (χ1) is 11.4. The average Bonchev–Trinajstić information content (AvgIpc) is 2.59. The monoisotopic (exact) mass is 301 g/mol. The molecule has 5 rings (SSSR count). The van der Waals surface area contributed by atoms with Crippen LogP contribution in [-0.2, 0) is 6.42 Å². The number of rotatable bonds is 2. The second-order valence-corrected chi connectivity index (χ2v) is 6.72. The summed E-state index contributed by atoms with van der Waals surface area (Å²) in [6, 6.07) is 15.6. The summed E-state index contributed by atoms with van der Waals surface area (Å²) in [6.45, 7) is 0. The SMILES string of the molecule is c1ccc2c(c1)CCC1C(Nc3nccc4ncccc34)CC21. The highest BCUT2D eigenvalue weighted by Gasteiger charge is 2.44. The van der Waals surface area contributed by atoms with Crippen LogP contribution in [0.3, 0.4) is 0 Å². The molecule has 2 aliphatic carbocycles. The van der Waals surface area contributed by atoms with E-state index in [1.165, 1.54) is 19.3 Å². The molecule has 2 heterocycles. The van der Waals surface area contributed by atoms with E-state index in [1.807, 2.05) is 24.5 Å². The van der Waals surface area contributed by atoms with Crippen molar-refractivity contribution in [3.8, 4) is 0 Å². The lowest BCUT2D eigenvalue weighted by molar-refractivity contribution is 0.194. The van der Waals surface area contributed by atoms with E-state index in [0.717, 1.165) is 28.6 Å². The van der Waals surface area contributed by atoms with E-state index >= 15 is 0 Å². The van der Waals surface area contributed by atoms with Crippen LogP contribution in [0.2, 0.25) is 0 Å². The topological polar surface area (TPSA) is 37.8 Å². The highest BCUT2D eigenvalue weighted by Crippen LogP contribution is 2.50. The van der Waals surface area contributed by atoms with Gasteiger partial charge in [-0.15, -0.1) is 0 Å². The summed E-state index contributed by atoms with van der Waals surface area (Å²) in [5, 5.41) is 4.82. The van der Waals surface area contributed by atoms with Crippen LogP contribution in [0.15, 0.2) is 54.9 Å². The Morgan fingerprint density at radius 1 is 0.957 bits per heavy atom. The Morgan fingerprint density at radius 3 is 2.91 bits per heavy atom. The Kier molecular flexibility index (Phi) is 2.87. The number of hydrogen-bond donors (Lipinski definition) is 1. The maximum Gasteiger partial charge on any atom is 0.135 e. The van der Waals surface area contributed by atoms with Crippen LogP contribution in [0.4, 0.5) is 5.82 Å². The maximum atomic E-state index is 4.56. The predicted molar refractivity (Wildman–Crippen MR) is 92.6 cm³/mol. The second kappa shape index (κ2) is 5.05. The van der Waals surface area contributed by atoms with Gasteiger partial charge in [-0.3, -0.25) is 4.98 Å². The van der Waals surface area contributed by atoms with E-state index < -0.39 is 0 Å². The van der Waals surface area contributed by atoms with Gasteiger partial charge in [-0.25, -0.2) is 4.98 Å². The van der Waals surface area contributed by atoms with Gasteiger partial charge in [0.1, 0.15) is 5.82 Å². The van der Waals surface area contributed by atoms with Gasteiger partial charge in [0.05, 0.1) is 5.52 Å². The molecule has 3 aromatic rings. The maximum absolute atomic E-state index is 4.56. The summed E-state index contributed by atoms with van der Waals surface area (Å²) in [4.78, 5) is 8.98. The fraction of sp³-hybridized carbons (Fsp3) is 0.300. The molecule has 1 N–H and O–H groups in total. The largest absolute Gasteiger partial charge is 0.366 e. The zero-order valence-corrected chi connectivity index (χ0v) is 12.9. The number of aromatic nitrogens is 2. The van der Waals surface area contributed by atoms with Gasteiger partial charge >= 0.3 is 0 Å². The number of nitrogens with one attached hydrogen (secondary N) is 1. The lowest BCUT2D eigenvalue weighted by Crippen LogP contribution is -2.47. The summed E-state index contributed by atoms with van der Waals surface area (Å²) in [5.41, 5.74) is 4.14. The molecule has 3 unspecified atom stereocenters. The van der Waals surface area contributed by atoms with Crippen LogP contribution in [0, 0.1) is 5.92 Å². The number of anilines is 1. The van der Waals surface area contributed by atoms with Crippen molar-refractivity contribution in [3.05, 3.63) is 66.0 Å². The van der Waals surface area contributed by atoms with Crippen molar-refractivity contribution in [1.82, 2.24) is 9.97 Å². The van der Waals surface area contributed by atoms with Crippen molar-refractivity contribution < 1.29 is 0 Å². The minimum Gasteiger partial charge on any atom is -0.366 e. The molecule has 0 aliphatic heterocycles. The molecule has 3 heteroatoms. The third-order valence-corrected chi connectivity index (χ3v) is 5.59. The molecule has 2 aromatic heterocycles. The molecule has 1 fully saturated rings. The van der Waals surface area contributed by atoms with Gasteiger partial charge in [0.2, 0.25) is 0 Å². The fourth-order valence-corrected chi connectivity index (χ4v) is 4.37. The third-order valence-electron chi connectivity index (χ3n) is 5.59. The predicted octanol–water partition coefficient (Wildman–Crippen LogP) is 4.16. The molecule has 0 radical (unpaired) electrons. The Labute approximate surface area is 135 Å². The van der Waals surface area contributed by atoms with Crippen molar-refractivity contribution in [2.24, 2.45) is 5.92 Å². The minimum atomic E-state index is 0.534. The van der Waals surface area contributed by atoms with Crippen molar-refractivity contribution >= 4 is 16.7 Å². The van der Waals surface area contributed by atoms with Crippen LogP contribution in [0.25, 0.3) is 10.9 Å². The van der Waals surface area contributed by atoms with Crippen LogP contribution in [0.1, 0.15) is 29.9 Å². The first-order valence-corrected chi connectivity index (χ1v) is 8.44. The lowest BCUT2D eigenvalue weighted by Gasteiger charge is -2.49. The molecule has 0 saturated heterocycles. The number of nitrogens with zero attached hydrogens (tertiary/aromatic N) is 2. The Bertz CT molecular complexity index is 868. The standard InChI is InChI=1S/C20H19N3/c1-2-5-14-13(4-1)7-8-15-17(14)12-19(15)23-20-16-6-3-10-21-18(16)9-11-22-20/h1-6,9-11,15,17,19H,7-8,12H2,(H,22,23). The molecular formula is C20H19N3. The molecule has 0 amide bonds. The summed E-state index contributed by atoms with van der Waals surface area (Å²) < 4.78 is 0. The molecule has 2 aliphatic rings. The Hall–Kier alpha value is -2.42. The molecule has 114 valence electrons. The number of benzene rings is 1. The molecular weight excluding hydrogens is 282 g/mol. The Morgan fingerprint density at radius 2 is 1.91 bits per heavy atom. The van der Waals surface area contributed by atoms with Crippen LogP contribution in [0.5, 0.6) is 0 Å². The van der Waals surface area contributed by atoms with Gasteiger partial charge < -0.3 is 5.32 Å². The summed E-state index contributed by atoms with van der Waals surface area (Å²) in [5.74, 6) is 2.45. The first kappa shape index (κ1) is 13.1. The van der Waals surface area contributed by atoms with Gasteiger partial charge in [0.15, 0.2) is 0 Å². The van der Waals surface area contributed by atoms with Crippen LogP contribution < -0.4 is 5.32 Å². The van der Waals surface area contributed by atoms with E-state index in [4.69, 9.17) is 0 Å². The van der Waals surface area contributed by atoms with Gasteiger partial charge in [-0.2, -0.15) is 0 Å². The van der Waals surface area contributed by atoms with Crippen molar-refractivity contribution in [2.75, 3.05) is 5.32 Å². The number of aryl methyl sites for hydroxylation is 1. The molecule has 3 atom stereocenters. The summed E-state index contributed by atoms with van der Waals surface area (Å²) in [6.07, 6.45) is 7.38. The normalized spacial score (nSPS) is 25.3. The molecule has 1 aromatic carbocycles. The molecule has 23 heavy (non-hydrogen) atoms. The smallest absolute Gasteiger partial charge is 0.135 e. The van der Waals surface area contributed by atoms with Gasteiger partial charge in [-0.05, 0) is 60.4 Å². The average molecular weight is 301 g/mol. The second-order valence-electron chi connectivity index (χ2n) is 6.72. The molecule has 1 saturated carbocycles. The Balaban J connectivity index is 1.41. The van der Waals surface area contributed by atoms with E-state index in [9.17, 15) is 0 Å². The minimum absolute atomic E-state index is 0.534. The van der Waals surface area contributed by atoms with E-state index in [0.29, 0.717) is 6.04 Å². The molecule has 0 spiro atoms. The van der Waals surface area contributed by atoms with Crippen molar-refractivity contribution in [3.63, 3.8) is 0 Å². The number of fused-ring (bicyclic) bond motifs is 4. The molecule has 3 nitrogen and oxygen atoms in total. The van der Waals surface area contributed by atoms with E-state index in [1.54, 1.807) is 11.1 Å². The van der Waals surface area contributed by atoms with Gasteiger partial charge in [0, 0.05) is 23.8 Å². The highest BCUT2D eigenvalue weighted by atomic mass is 15.0. The van der Waals surface area contributed by atoms with Crippen molar-refractivity contribution in [1.29, 1.82) is 0 Å². The van der Waals surface area contributed by atoms with Crippen LogP contribution in [-0.4, -0.2) is 16.0 Å². The number of hydrogen-bond acceptors (Lipinski definition) is 3. The quantitative estimate of drug-likeness (QED) is 0.772. The summed E-state index contributed by atoms with van der Waals surface area (Å²) >= 11 is 0. The van der Waals surface area contributed by atoms with Gasteiger partial charge in [0.25, 0.3) is 0 Å². The van der Waals surface area contributed by atoms with E-state index in [-0.39, 0.29) is 0 Å². The van der Waals surface area contributed by atoms with Crippen LogP contribution >= 0.6 is 0 Å². The lowest BCUT2D eigenvalue weighted by atomic mass is 9.60. The number of pyridine rings is 2. The van der Waals surface area contributed by atoms with Gasteiger partial charge in [-0.1, -0.05) is 24.3 Å². The van der Waals surface area contributed by atoms with E-state index in [2.05, 4.69) is 45.6 Å². The molecule has 0 bridgehead atoms. The summed E-state index contributed by atoms with van der Waals surface area (Å²) in [7, 11) is 0. The highest BCUT2D eigenvalue weighted by molar-refractivity contribution is 5.88. The van der Waals surface area contributed by atoms with Crippen molar-refractivity contribution in [2.45, 2.75) is 31.2 Å². The first-order valence-electron chi connectivity index (χ1n) is 8.44. The fourth-order valence-electron chi connectivity index (χ4n) is 4.37.